The first-order chi connectivity index (χ1) is 15.6. The van der Waals surface area contributed by atoms with Crippen LogP contribution in [0.1, 0.15) is 35.7 Å². The number of rotatable bonds is 6. The Hall–Kier alpha value is -3.11. The zero-order valence-electron chi connectivity index (χ0n) is 20.0. The van der Waals surface area contributed by atoms with Crippen molar-refractivity contribution in [1.29, 1.82) is 0 Å². The molecular formula is C23H33N5O5. The van der Waals surface area contributed by atoms with Gasteiger partial charge >= 0.3 is 6.03 Å². The summed E-state index contributed by atoms with van der Waals surface area (Å²) in [5.74, 6) is 0.537. The van der Waals surface area contributed by atoms with Gasteiger partial charge in [-0.15, -0.1) is 0 Å². The van der Waals surface area contributed by atoms with Gasteiger partial charge in [-0.3, -0.25) is 4.79 Å². The number of aliphatic hydroxyl groups excluding tert-OH is 1. The summed E-state index contributed by atoms with van der Waals surface area (Å²) in [4.78, 5) is 29.9. The molecule has 33 heavy (non-hydrogen) atoms. The number of benzene rings is 1. The number of anilines is 2. The number of urea groups is 1. The summed E-state index contributed by atoms with van der Waals surface area (Å²) in [6.45, 7) is 8.19. The number of carbonyl (C=O) groups is 2. The monoisotopic (exact) mass is 459 g/mol. The Morgan fingerprint density at radius 3 is 2.67 bits per heavy atom. The van der Waals surface area contributed by atoms with Crippen LogP contribution in [0.4, 0.5) is 16.2 Å². The van der Waals surface area contributed by atoms with Crippen molar-refractivity contribution in [2.24, 2.45) is 5.92 Å². The quantitative estimate of drug-likeness (QED) is 0.607. The highest BCUT2D eigenvalue weighted by molar-refractivity contribution is 6.04. The molecule has 0 unspecified atom stereocenters. The van der Waals surface area contributed by atoms with Crippen molar-refractivity contribution < 1.29 is 24.0 Å². The fourth-order valence-corrected chi connectivity index (χ4v) is 3.85. The van der Waals surface area contributed by atoms with E-state index in [1.54, 1.807) is 36.9 Å². The lowest BCUT2D eigenvalue weighted by molar-refractivity contribution is 0.0365. The summed E-state index contributed by atoms with van der Waals surface area (Å²) < 4.78 is 11.5. The van der Waals surface area contributed by atoms with Crippen LogP contribution < -0.4 is 15.4 Å². The number of nitrogens with one attached hydrogen (secondary N) is 2. The number of amides is 3. The molecule has 180 valence electrons. The van der Waals surface area contributed by atoms with Crippen molar-refractivity contribution in [1.82, 2.24) is 15.0 Å². The highest BCUT2D eigenvalue weighted by Crippen LogP contribution is 2.35. The first-order valence-electron chi connectivity index (χ1n) is 11.0. The zero-order chi connectivity index (χ0) is 24.3. The van der Waals surface area contributed by atoms with Gasteiger partial charge in [0.05, 0.1) is 23.9 Å². The average molecular weight is 460 g/mol. The first kappa shape index (κ1) is 24.5. The number of likely N-dealkylation sites (N-methyl/N-ethyl adjacent to an activating group) is 1. The van der Waals surface area contributed by atoms with Crippen molar-refractivity contribution in [3.05, 3.63) is 35.2 Å². The van der Waals surface area contributed by atoms with E-state index >= 15 is 0 Å². The zero-order valence-corrected chi connectivity index (χ0v) is 20.0. The van der Waals surface area contributed by atoms with E-state index in [9.17, 15) is 14.7 Å². The summed E-state index contributed by atoms with van der Waals surface area (Å²) in [7, 11) is 3.91. The molecule has 1 aliphatic heterocycles. The number of aryl methyl sites for hydroxylation is 2. The molecule has 0 bridgehead atoms. The van der Waals surface area contributed by atoms with Crippen LogP contribution in [0.15, 0.2) is 22.7 Å². The summed E-state index contributed by atoms with van der Waals surface area (Å²) in [6.07, 6.45) is -0.242. The third-order valence-electron chi connectivity index (χ3n) is 5.76. The van der Waals surface area contributed by atoms with Gasteiger partial charge in [-0.2, -0.15) is 0 Å². The molecule has 0 radical (unpaired) electrons. The Morgan fingerprint density at radius 1 is 1.33 bits per heavy atom. The maximum atomic E-state index is 13.4. The topological polar surface area (TPSA) is 120 Å². The number of carbonyl (C=O) groups excluding carboxylic acids is 2. The third kappa shape index (κ3) is 5.45. The molecule has 0 saturated carbocycles. The van der Waals surface area contributed by atoms with Gasteiger partial charge in [0, 0.05) is 19.0 Å². The van der Waals surface area contributed by atoms with E-state index in [-0.39, 0.29) is 30.6 Å². The van der Waals surface area contributed by atoms with Crippen molar-refractivity contribution >= 4 is 23.3 Å². The molecule has 0 aliphatic carbocycles. The van der Waals surface area contributed by atoms with E-state index in [0.29, 0.717) is 47.2 Å². The van der Waals surface area contributed by atoms with Crippen LogP contribution in [0.25, 0.3) is 0 Å². The second kappa shape index (κ2) is 10.2. The second-order valence-electron chi connectivity index (χ2n) is 8.85. The minimum atomic E-state index is -0.506. The number of aromatic nitrogens is 1. The molecule has 2 heterocycles. The molecule has 3 atom stereocenters. The third-order valence-corrected chi connectivity index (χ3v) is 5.76. The van der Waals surface area contributed by atoms with Crippen molar-refractivity contribution in [2.45, 2.75) is 39.8 Å². The van der Waals surface area contributed by atoms with Gasteiger partial charge in [0.25, 0.3) is 5.91 Å². The summed E-state index contributed by atoms with van der Waals surface area (Å²) >= 11 is 0. The fraction of sp³-hybridized carbons (Fsp3) is 0.522. The number of fused-ring (bicyclic) bond motifs is 1. The molecule has 0 spiro atoms. The molecule has 0 fully saturated rings. The van der Waals surface area contributed by atoms with E-state index in [0.717, 1.165) is 0 Å². The SMILES string of the molecule is Cc1noc(C)c1NC(=O)Nc1cccc2c1O[C@H](CN(C)C)[C@@H](C)CN([C@H](C)CO)C2=O. The number of hydrogen-bond donors (Lipinski definition) is 3. The Bertz CT molecular complexity index is 986. The van der Waals surface area contributed by atoms with Crippen LogP contribution in [0.2, 0.25) is 0 Å². The molecule has 3 amide bonds. The molecule has 1 aliphatic rings. The van der Waals surface area contributed by atoms with E-state index in [4.69, 9.17) is 9.26 Å². The number of hydrogen-bond acceptors (Lipinski definition) is 7. The Morgan fingerprint density at radius 2 is 2.06 bits per heavy atom. The summed E-state index contributed by atoms with van der Waals surface area (Å²) in [5, 5.41) is 19.1. The smallest absolute Gasteiger partial charge is 0.323 e. The normalized spacial score (nSPS) is 19.4. The van der Waals surface area contributed by atoms with E-state index < -0.39 is 6.03 Å². The molecule has 2 aromatic rings. The molecular weight excluding hydrogens is 426 g/mol. The maximum Gasteiger partial charge on any atom is 0.323 e. The lowest BCUT2D eigenvalue weighted by atomic mass is 9.99. The Balaban J connectivity index is 1.98. The standard InChI is InChI=1S/C23H33N5O5/c1-13-10-28(14(2)12-29)22(30)17-8-7-9-18(21(17)32-19(13)11-27(5)6)24-23(31)25-20-15(3)26-33-16(20)4/h7-9,13-14,19,29H,10-12H2,1-6H3,(H2,24,25,31)/t13-,14+,19+/m0/s1. The average Bonchev–Trinajstić information content (AvgIpc) is 3.07. The largest absolute Gasteiger partial charge is 0.486 e. The molecule has 1 aromatic heterocycles. The molecule has 3 N–H and O–H groups in total. The van der Waals surface area contributed by atoms with Gasteiger partial charge in [-0.25, -0.2) is 4.79 Å². The van der Waals surface area contributed by atoms with Gasteiger partial charge in [0.2, 0.25) is 0 Å². The van der Waals surface area contributed by atoms with Crippen LogP contribution in [-0.2, 0) is 0 Å². The van der Waals surface area contributed by atoms with Crippen LogP contribution in [0.5, 0.6) is 5.75 Å². The number of ether oxygens (including phenoxy) is 1. The lowest BCUT2D eigenvalue weighted by Gasteiger charge is -2.38. The lowest BCUT2D eigenvalue weighted by Crippen LogP contribution is -2.49. The van der Waals surface area contributed by atoms with Gasteiger partial charge in [0.15, 0.2) is 11.5 Å². The van der Waals surface area contributed by atoms with Gasteiger partial charge < -0.3 is 34.8 Å². The summed E-state index contributed by atoms with van der Waals surface area (Å²) in [5.41, 5.74) is 1.76. The van der Waals surface area contributed by atoms with Crippen molar-refractivity contribution in [3.8, 4) is 5.75 Å². The maximum absolute atomic E-state index is 13.4. The minimum absolute atomic E-state index is 0.0114. The molecule has 1 aromatic carbocycles. The van der Waals surface area contributed by atoms with Crippen LogP contribution in [-0.4, -0.2) is 77.9 Å². The number of para-hydroxylation sites is 1. The molecule has 10 nitrogen and oxygen atoms in total. The second-order valence-corrected chi connectivity index (χ2v) is 8.85. The molecule has 0 saturated heterocycles. The highest BCUT2D eigenvalue weighted by Gasteiger charge is 2.34. The molecule has 3 rings (SSSR count). The first-order valence-corrected chi connectivity index (χ1v) is 11.0. The van der Waals surface area contributed by atoms with Crippen molar-refractivity contribution in [3.63, 3.8) is 0 Å². The Labute approximate surface area is 193 Å². The summed E-state index contributed by atoms with van der Waals surface area (Å²) in [6, 6.07) is 4.20. The molecule has 10 heteroatoms. The van der Waals surface area contributed by atoms with E-state index in [2.05, 4.69) is 15.8 Å². The van der Waals surface area contributed by atoms with Crippen LogP contribution in [0, 0.1) is 19.8 Å². The van der Waals surface area contributed by atoms with Crippen LogP contribution >= 0.6 is 0 Å². The van der Waals surface area contributed by atoms with Gasteiger partial charge in [-0.1, -0.05) is 18.1 Å². The predicted octanol–water partition coefficient (Wildman–Crippen LogP) is 2.72. The predicted molar refractivity (Wildman–Crippen MR) is 125 cm³/mol. The number of aliphatic hydroxyl groups is 1. The fourth-order valence-electron chi connectivity index (χ4n) is 3.85. The Kier molecular flexibility index (Phi) is 7.60. The highest BCUT2D eigenvalue weighted by atomic mass is 16.5. The van der Waals surface area contributed by atoms with E-state index in [1.807, 2.05) is 32.8 Å². The van der Waals surface area contributed by atoms with Gasteiger partial charge in [0.1, 0.15) is 17.5 Å². The van der Waals surface area contributed by atoms with Crippen molar-refractivity contribution in [2.75, 3.05) is 44.4 Å². The van der Waals surface area contributed by atoms with E-state index in [1.165, 1.54) is 0 Å². The number of nitrogens with zero attached hydrogens (tertiary/aromatic N) is 3. The van der Waals surface area contributed by atoms with Gasteiger partial charge in [-0.05, 0) is 47.0 Å². The minimum Gasteiger partial charge on any atom is -0.486 e. The van der Waals surface area contributed by atoms with Crippen LogP contribution in [0.3, 0.4) is 0 Å².